The molecule has 2 aromatic carbocycles. The van der Waals surface area contributed by atoms with E-state index >= 15 is 0 Å². The Hall–Kier alpha value is -2.69. The number of rotatable bonds is 4. The lowest BCUT2D eigenvalue weighted by molar-refractivity contribution is 0.102. The van der Waals surface area contributed by atoms with Crippen LogP contribution in [0.3, 0.4) is 0 Å². The van der Waals surface area contributed by atoms with E-state index in [2.05, 4.69) is 19.2 Å². The third kappa shape index (κ3) is 3.30. The molecule has 2 aromatic rings. The van der Waals surface area contributed by atoms with Crippen LogP contribution in [0.1, 0.15) is 42.1 Å². The molecule has 3 rings (SSSR count). The summed E-state index contributed by atoms with van der Waals surface area (Å²) < 4.78 is 10.9. The summed E-state index contributed by atoms with van der Waals surface area (Å²) >= 11 is 0. The van der Waals surface area contributed by atoms with Crippen molar-refractivity contribution in [3.05, 3.63) is 47.5 Å². The normalized spacial score (nSPS) is 14.1. The third-order valence-corrected chi connectivity index (χ3v) is 4.26. The Kier molecular flexibility index (Phi) is 4.60. The van der Waals surface area contributed by atoms with E-state index in [1.54, 1.807) is 30.3 Å². The lowest BCUT2D eigenvalue weighted by Gasteiger charge is -2.18. The van der Waals surface area contributed by atoms with Crippen molar-refractivity contribution in [2.75, 3.05) is 18.5 Å². The second-order valence-corrected chi connectivity index (χ2v) is 5.90. The fourth-order valence-electron chi connectivity index (χ4n) is 2.58. The molecule has 1 atom stereocenters. The van der Waals surface area contributed by atoms with Crippen LogP contribution in [0, 0.1) is 0 Å². The maximum atomic E-state index is 12.4. The number of anilines is 1. The van der Waals surface area contributed by atoms with Crippen molar-refractivity contribution in [3.63, 3.8) is 0 Å². The molecule has 1 amide bonds. The van der Waals surface area contributed by atoms with Crippen LogP contribution in [0.25, 0.3) is 0 Å². The second kappa shape index (κ2) is 6.83. The van der Waals surface area contributed by atoms with Gasteiger partial charge in [-0.25, -0.2) is 0 Å². The zero-order valence-electron chi connectivity index (χ0n) is 13.8. The molecule has 126 valence electrons. The highest BCUT2D eigenvalue weighted by atomic mass is 16.6. The van der Waals surface area contributed by atoms with E-state index in [4.69, 9.17) is 9.47 Å². The van der Waals surface area contributed by atoms with Crippen molar-refractivity contribution in [2.24, 2.45) is 0 Å². The van der Waals surface area contributed by atoms with Crippen LogP contribution >= 0.6 is 0 Å². The van der Waals surface area contributed by atoms with Gasteiger partial charge in [-0.15, -0.1) is 0 Å². The van der Waals surface area contributed by atoms with Gasteiger partial charge in [0.15, 0.2) is 11.5 Å². The number of carbonyl (C=O) groups excluding carboxylic acids is 1. The summed E-state index contributed by atoms with van der Waals surface area (Å²) in [5, 5.41) is 12.9. The molecule has 5 nitrogen and oxygen atoms in total. The number of carbonyl (C=O) groups is 1. The van der Waals surface area contributed by atoms with Gasteiger partial charge in [-0.3, -0.25) is 4.79 Å². The number of aromatic hydroxyl groups is 1. The van der Waals surface area contributed by atoms with E-state index in [1.165, 1.54) is 0 Å². The van der Waals surface area contributed by atoms with Gasteiger partial charge in [-0.2, -0.15) is 0 Å². The second-order valence-electron chi connectivity index (χ2n) is 5.90. The van der Waals surface area contributed by atoms with Gasteiger partial charge < -0.3 is 19.9 Å². The number of fused-ring (bicyclic) bond motifs is 1. The van der Waals surface area contributed by atoms with Crippen molar-refractivity contribution >= 4 is 11.6 Å². The number of benzene rings is 2. The molecule has 2 N–H and O–H groups in total. The molecule has 0 bridgehead atoms. The van der Waals surface area contributed by atoms with E-state index < -0.39 is 0 Å². The number of nitrogens with one attached hydrogen (secondary N) is 1. The van der Waals surface area contributed by atoms with Gasteiger partial charge >= 0.3 is 0 Å². The van der Waals surface area contributed by atoms with Crippen LogP contribution in [0.2, 0.25) is 0 Å². The van der Waals surface area contributed by atoms with Crippen LogP contribution in [-0.4, -0.2) is 24.2 Å². The van der Waals surface area contributed by atoms with Gasteiger partial charge in [0.2, 0.25) is 0 Å². The first-order valence-corrected chi connectivity index (χ1v) is 8.12. The van der Waals surface area contributed by atoms with Crippen LogP contribution < -0.4 is 14.8 Å². The fraction of sp³-hybridized carbons (Fsp3) is 0.316. The molecule has 0 radical (unpaired) electrons. The summed E-state index contributed by atoms with van der Waals surface area (Å²) in [5.74, 6) is 1.32. The highest BCUT2D eigenvalue weighted by molar-refractivity contribution is 6.05. The maximum Gasteiger partial charge on any atom is 0.255 e. The van der Waals surface area contributed by atoms with Crippen LogP contribution in [-0.2, 0) is 0 Å². The molecule has 24 heavy (non-hydrogen) atoms. The van der Waals surface area contributed by atoms with Gasteiger partial charge in [0.25, 0.3) is 5.91 Å². The zero-order valence-corrected chi connectivity index (χ0v) is 13.8. The molecule has 5 heteroatoms. The van der Waals surface area contributed by atoms with Crippen molar-refractivity contribution in [2.45, 2.75) is 26.2 Å². The van der Waals surface area contributed by atoms with Crippen LogP contribution in [0.15, 0.2) is 36.4 Å². The van der Waals surface area contributed by atoms with E-state index in [0.29, 0.717) is 41.9 Å². The summed E-state index contributed by atoms with van der Waals surface area (Å²) in [6.45, 7) is 5.17. The molecule has 0 fully saturated rings. The van der Waals surface area contributed by atoms with Crippen molar-refractivity contribution < 1.29 is 19.4 Å². The smallest absolute Gasteiger partial charge is 0.255 e. The van der Waals surface area contributed by atoms with E-state index in [1.807, 2.05) is 6.07 Å². The molecule has 1 aliphatic heterocycles. The standard InChI is InChI=1S/C19H21NO4/c1-3-12(2)13-4-6-15(16(21)10-13)20-19(22)14-5-7-17-18(11-14)24-9-8-23-17/h4-7,10-12,21H,3,8-9H2,1-2H3,(H,20,22)/t12-/m0/s1. The molecule has 1 heterocycles. The van der Waals surface area contributed by atoms with Gasteiger partial charge in [0.05, 0.1) is 5.69 Å². The Morgan fingerprint density at radius 2 is 1.92 bits per heavy atom. The molecular weight excluding hydrogens is 306 g/mol. The number of phenolic OH excluding ortho intramolecular Hbond substituents is 1. The monoisotopic (exact) mass is 327 g/mol. The minimum Gasteiger partial charge on any atom is -0.506 e. The Morgan fingerprint density at radius 1 is 1.17 bits per heavy atom. The zero-order chi connectivity index (χ0) is 17.1. The minimum atomic E-state index is -0.307. The van der Waals surface area contributed by atoms with Gasteiger partial charge in [0, 0.05) is 5.56 Å². The molecule has 0 aromatic heterocycles. The lowest BCUT2D eigenvalue weighted by Crippen LogP contribution is -2.17. The molecule has 1 aliphatic rings. The van der Waals surface area contributed by atoms with E-state index in [0.717, 1.165) is 12.0 Å². The first-order chi connectivity index (χ1) is 11.6. The summed E-state index contributed by atoms with van der Waals surface area (Å²) in [6.07, 6.45) is 0.988. The molecule has 0 saturated carbocycles. The van der Waals surface area contributed by atoms with Gasteiger partial charge in [-0.05, 0) is 48.2 Å². The van der Waals surface area contributed by atoms with Gasteiger partial charge in [0.1, 0.15) is 19.0 Å². The quantitative estimate of drug-likeness (QED) is 0.835. The summed E-state index contributed by atoms with van der Waals surface area (Å²) in [7, 11) is 0. The first-order valence-electron chi connectivity index (χ1n) is 8.12. The number of hydrogen-bond acceptors (Lipinski definition) is 4. The Morgan fingerprint density at radius 3 is 2.62 bits per heavy atom. The Bertz CT molecular complexity index is 757. The summed E-state index contributed by atoms with van der Waals surface area (Å²) in [6, 6.07) is 10.4. The third-order valence-electron chi connectivity index (χ3n) is 4.26. The number of ether oxygens (including phenoxy) is 2. The van der Waals surface area contributed by atoms with Crippen molar-refractivity contribution in [3.8, 4) is 17.2 Å². The fourth-order valence-corrected chi connectivity index (χ4v) is 2.58. The molecule has 0 unspecified atom stereocenters. The molecular formula is C19H21NO4. The molecule has 0 aliphatic carbocycles. The minimum absolute atomic E-state index is 0.0682. The Balaban J connectivity index is 1.77. The van der Waals surface area contributed by atoms with E-state index in [-0.39, 0.29) is 11.7 Å². The maximum absolute atomic E-state index is 12.4. The Labute approximate surface area is 141 Å². The summed E-state index contributed by atoms with van der Waals surface area (Å²) in [5.41, 5.74) is 1.89. The van der Waals surface area contributed by atoms with E-state index in [9.17, 15) is 9.90 Å². The number of phenols is 1. The van der Waals surface area contributed by atoms with Crippen molar-refractivity contribution in [1.82, 2.24) is 0 Å². The van der Waals surface area contributed by atoms with Crippen molar-refractivity contribution in [1.29, 1.82) is 0 Å². The first kappa shape index (κ1) is 16.2. The predicted molar refractivity (Wildman–Crippen MR) is 92.2 cm³/mol. The topological polar surface area (TPSA) is 67.8 Å². The molecule has 0 saturated heterocycles. The average Bonchev–Trinajstić information content (AvgIpc) is 2.62. The average molecular weight is 327 g/mol. The summed E-state index contributed by atoms with van der Waals surface area (Å²) in [4.78, 5) is 12.4. The SMILES string of the molecule is CC[C@H](C)c1ccc(NC(=O)c2ccc3c(c2)OCCO3)c(O)c1. The molecule has 0 spiro atoms. The van der Waals surface area contributed by atoms with Crippen LogP contribution in [0.5, 0.6) is 17.2 Å². The largest absolute Gasteiger partial charge is 0.506 e. The predicted octanol–water partition coefficient (Wildman–Crippen LogP) is 3.93. The highest BCUT2D eigenvalue weighted by Crippen LogP contribution is 2.32. The highest BCUT2D eigenvalue weighted by Gasteiger charge is 2.16. The lowest BCUT2D eigenvalue weighted by atomic mass is 9.98. The number of amides is 1. The number of hydrogen-bond donors (Lipinski definition) is 2. The van der Waals surface area contributed by atoms with Gasteiger partial charge in [-0.1, -0.05) is 19.9 Å². The van der Waals surface area contributed by atoms with Crippen LogP contribution in [0.4, 0.5) is 5.69 Å².